The van der Waals surface area contributed by atoms with Gasteiger partial charge in [0.1, 0.15) is 11.5 Å². The van der Waals surface area contributed by atoms with E-state index in [1.165, 1.54) is 36.4 Å². The average molecular weight is 438 g/mol. The van der Waals surface area contributed by atoms with Gasteiger partial charge in [0.2, 0.25) is 0 Å². The number of amides is 1. The average Bonchev–Trinajstić information content (AvgIpc) is 3.16. The number of carbonyl (C=O) groups is 1. The molecule has 3 rings (SSSR count). The zero-order valence-corrected chi connectivity index (χ0v) is 15.6. The Morgan fingerprint density at radius 3 is 2.63 bits per heavy atom. The minimum Gasteiger partial charge on any atom is -0.455 e. The van der Waals surface area contributed by atoms with Crippen molar-refractivity contribution in [2.45, 2.75) is 6.18 Å². The molecule has 0 radical (unpaired) electrons. The van der Waals surface area contributed by atoms with Crippen molar-refractivity contribution in [3.05, 3.63) is 86.6 Å². The molecule has 0 fully saturated rings. The number of halogens is 4. The number of nitrogens with zero attached hydrogens (tertiary/aromatic N) is 2. The quantitative estimate of drug-likeness (QED) is 0.333. The molecule has 2 aromatic carbocycles. The van der Waals surface area contributed by atoms with Gasteiger partial charge in [-0.05, 0) is 36.4 Å². The van der Waals surface area contributed by atoms with Gasteiger partial charge in [-0.2, -0.15) is 18.3 Å². The van der Waals surface area contributed by atoms with Crippen LogP contribution in [0.4, 0.5) is 18.9 Å². The fraction of sp³-hybridized carbons (Fsp3) is 0.0526. The minimum absolute atomic E-state index is 0.172. The number of nitro benzene ring substituents is 1. The molecule has 30 heavy (non-hydrogen) atoms. The Hall–Kier alpha value is -3.66. The molecule has 1 amide bonds. The van der Waals surface area contributed by atoms with Gasteiger partial charge < -0.3 is 4.42 Å². The molecule has 0 bridgehead atoms. The fourth-order valence-electron chi connectivity index (χ4n) is 2.44. The van der Waals surface area contributed by atoms with Gasteiger partial charge in [0, 0.05) is 23.3 Å². The number of nitro groups is 1. The number of alkyl halides is 3. The Morgan fingerprint density at radius 2 is 1.93 bits per heavy atom. The largest absolute Gasteiger partial charge is 0.455 e. The molecular formula is C19H11ClF3N3O4. The number of hydrogen-bond donors (Lipinski definition) is 1. The number of non-ortho nitro benzene ring substituents is 1. The van der Waals surface area contributed by atoms with Crippen LogP contribution in [-0.4, -0.2) is 17.0 Å². The highest BCUT2D eigenvalue weighted by Gasteiger charge is 2.30. The third kappa shape index (κ3) is 4.84. The maximum Gasteiger partial charge on any atom is 0.416 e. The highest BCUT2D eigenvalue weighted by molar-refractivity contribution is 6.33. The first-order valence-electron chi connectivity index (χ1n) is 8.20. The van der Waals surface area contributed by atoms with Crippen LogP contribution in [0.15, 0.2) is 64.1 Å². The van der Waals surface area contributed by atoms with E-state index >= 15 is 0 Å². The van der Waals surface area contributed by atoms with E-state index < -0.39 is 22.6 Å². The Balaban J connectivity index is 1.72. The summed E-state index contributed by atoms with van der Waals surface area (Å²) >= 11 is 6.05. The smallest absolute Gasteiger partial charge is 0.416 e. The highest BCUT2D eigenvalue weighted by Crippen LogP contribution is 2.32. The van der Waals surface area contributed by atoms with Crippen LogP contribution in [0.5, 0.6) is 0 Å². The third-order valence-corrected chi connectivity index (χ3v) is 4.19. The molecule has 0 saturated carbocycles. The Bertz CT molecular complexity index is 1140. The number of benzene rings is 2. The van der Waals surface area contributed by atoms with Crippen LogP contribution in [0.1, 0.15) is 21.7 Å². The standard InChI is InChI=1S/C19H11ClF3N3O4/c20-16-6-4-13(26(28)29)9-15(16)17-7-5-14(30-17)10-24-25-18(27)11-2-1-3-12(8-11)19(21,22)23/h1-10H,(H,25,27)/b24-10-. The normalized spacial score (nSPS) is 11.6. The van der Waals surface area contributed by atoms with E-state index in [1.807, 2.05) is 0 Å². The molecule has 0 saturated heterocycles. The van der Waals surface area contributed by atoms with E-state index in [2.05, 4.69) is 10.5 Å². The molecular weight excluding hydrogens is 427 g/mol. The summed E-state index contributed by atoms with van der Waals surface area (Å²) < 4.78 is 43.7. The lowest BCUT2D eigenvalue weighted by Gasteiger charge is -2.07. The summed E-state index contributed by atoms with van der Waals surface area (Å²) in [5.74, 6) is -0.433. The van der Waals surface area contributed by atoms with E-state index in [9.17, 15) is 28.1 Å². The van der Waals surface area contributed by atoms with Crippen LogP contribution in [0.25, 0.3) is 11.3 Å². The van der Waals surface area contributed by atoms with Crippen molar-refractivity contribution >= 4 is 29.4 Å². The molecule has 7 nitrogen and oxygen atoms in total. The molecule has 1 N–H and O–H groups in total. The van der Waals surface area contributed by atoms with Crippen LogP contribution in [0.2, 0.25) is 5.02 Å². The Kier molecular flexibility index (Phi) is 5.88. The van der Waals surface area contributed by atoms with Crippen molar-refractivity contribution in [1.82, 2.24) is 5.43 Å². The van der Waals surface area contributed by atoms with Crippen molar-refractivity contribution in [3.63, 3.8) is 0 Å². The summed E-state index contributed by atoms with van der Waals surface area (Å²) in [6.45, 7) is 0. The van der Waals surface area contributed by atoms with Gasteiger partial charge in [0.15, 0.2) is 0 Å². The maximum atomic E-state index is 12.7. The van der Waals surface area contributed by atoms with E-state index in [0.29, 0.717) is 11.6 Å². The van der Waals surface area contributed by atoms with Gasteiger partial charge >= 0.3 is 6.18 Å². The summed E-state index contributed by atoms with van der Waals surface area (Å²) in [5.41, 5.74) is 1.04. The molecule has 0 atom stereocenters. The Labute approximate surface area is 171 Å². The van der Waals surface area contributed by atoms with Gasteiger partial charge in [0.05, 0.1) is 21.7 Å². The number of furan rings is 1. The van der Waals surface area contributed by atoms with Crippen molar-refractivity contribution in [3.8, 4) is 11.3 Å². The molecule has 154 valence electrons. The summed E-state index contributed by atoms with van der Waals surface area (Å²) in [6, 6.07) is 10.7. The molecule has 0 aliphatic heterocycles. The zero-order chi connectivity index (χ0) is 21.9. The summed E-state index contributed by atoms with van der Waals surface area (Å²) in [4.78, 5) is 22.3. The van der Waals surface area contributed by atoms with Crippen LogP contribution in [0.3, 0.4) is 0 Å². The second-order valence-electron chi connectivity index (χ2n) is 5.90. The van der Waals surface area contributed by atoms with Gasteiger partial charge in [-0.25, -0.2) is 5.43 Å². The van der Waals surface area contributed by atoms with Crippen LogP contribution >= 0.6 is 11.6 Å². The summed E-state index contributed by atoms with van der Waals surface area (Å²) in [6.07, 6.45) is -3.45. The van der Waals surface area contributed by atoms with Crippen molar-refractivity contribution in [1.29, 1.82) is 0 Å². The van der Waals surface area contributed by atoms with Crippen molar-refractivity contribution in [2.75, 3.05) is 0 Å². The van der Waals surface area contributed by atoms with Gasteiger partial charge in [0.25, 0.3) is 11.6 Å². The zero-order valence-electron chi connectivity index (χ0n) is 14.8. The number of hydrazone groups is 1. The van der Waals surface area contributed by atoms with Crippen molar-refractivity contribution in [2.24, 2.45) is 5.10 Å². The molecule has 0 spiro atoms. The van der Waals surface area contributed by atoms with E-state index in [0.717, 1.165) is 18.3 Å². The number of nitrogens with one attached hydrogen (secondary N) is 1. The second-order valence-corrected chi connectivity index (χ2v) is 6.31. The summed E-state index contributed by atoms with van der Waals surface area (Å²) in [7, 11) is 0. The number of rotatable bonds is 5. The lowest BCUT2D eigenvalue weighted by atomic mass is 10.1. The van der Waals surface area contributed by atoms with Gasteiger partial charge in [-0.3, -0.25) is 14.9 Å². The molecule has 0 aliphatic rings. The Morgan fingerprint density at radius 1 is 1.17 bits per heavy atom. The highest BCUT2D eigenvalue weighted by atomic mass is 35.5. The van der Waals surface area contributed by atoms with Crippen molar-refractivity contribution < 1.29 is 27.3 Å². The molecule has 0 aliphatic carbocycles. The van der Waals surface area contributed by atoms with E-state index in [-0.39, 0.29) is 27.8 Å². The monoisotopic (exact) mass is 437 g/mol. The predicted molar refractivity (Wildman–Crippen MR) is 102 cm³/mol. The number of carbonyl (C=O) groups excluding carboxylic acids is 1. The topological polar surface area (TPSA) is 97.7 Å². The fourth-order valence-corrected chi connectivity index (χ4v) is 2.65. The van der Waals surface area contributed by atoms with Crippen LogP contribution in [-0.2, 0) is 6.18 Å². The van der Waals surface area contributed by atoms with Gasteiger partial charge in [-0.1, -0.05) is 17.7 Å². The molecule has 0 unspecified atom stereocenters. The first-order chi connectivity index (χ1) is 14.1. The first-order valence-corrected chi connectivity index (χ1v) is 8.58. The molecule has 3 aromatic rings. The van der Waals surface area contributed by atoms with E-state index in [4.69, 9.17) is 16.0 Å². The third-order valence-electron chi connectivity index (χ3n) is 3.86. The molecule has 11 heteroatoms. The van der Waals surface area contributed by atoms with Gasteiger partial charge in [-0.15, -0.1) is 0 Å². The summed E-state index contributed by atoms with van der Waals surface area (Å²) in [5, 5.41) is 14.8. The first kappa shape index (κ1) is 21.1. The van der Waals surface area contributed by atoms with Crippen LogP contribution in [0, 0.1) is 10.1 Å². The second kappa shape index (κ2) is 8.37. The number of hydrogen-bond acceptors (Lipinski definition) is 5. The molecule has 1 heterocycles. The lowest BCUT2D eigenvalue weighted by molar-refractivity contribution is -0.384. The molecule has 1 aromatic heterocycles. The lowest BCUT2D eigenvalue weighted by Crippen LogP contribution is -2.18. The maximum absolute atomic E-state index is 12.7. The SMILES string of the molecule is O=C(N/N=C\c1ccc(-c2cc([N+](=O)[O-])ccc2Cl)o1)c1cccc(C(F)(F)F)c1. The van der Waals surface area contributed by atoms with E-state index in [1.54, 1.807) is 0 Å². The predicted octanol–water partition coefficient (Wildman–Crippen LogP) is 5.29. The minimum atomic E-state index is -4.57. The van der Waals surface area contributed by atoms with Crippen LogP contribution < -0.4 is 5.43 Å².